The molecule has 2 aromatic rings. The van der Waals surface area contributed by atoms with Gasteiger partial charge in [-0.15, -0.1) is 13.2 Å². The van der Waals surface area contributed by atoms with Crippen LogP contribution in [0, 0.1) is 5.41 Å². The van der Waals surface area contributed by atoms with E-state index in [-0.39, 0.29) is 27.4 Å². The molecule has 0 aliphatic carbocycles. The second-order valence-corrected chi connectivity index (χ2v) is 8.70. The van der Waals surface area contributed by atoms with Crippen LogP contribution in [0.15, 0.2) is 38.9 Å². The summed E-state index contributed by atoms with van der Waals surface area (Å²) in [5.41, 5.74) is 11.6. The van der Waals surface area contributed by atoms with Crippen LogP contribution in [0.4, 0.5) is 24.9 Å². The number of hydrogen-bond acceptors (Lipinski definition) is 7. The molecule has 0 saturated carbocycles. The minimum atomic E-state index is -4.80. The van der Waals surface area contributed by atoms with Gasteiger partial charge in [-0.05, 0) is 43.0 Å². The first kappa shape index (κ1) is 22.3. The quantitative estimate of drug-likeness (QED) is 0.733. The maximum absolute atomic E-state index is 12.9. The second kappa shape index (κ2) is 8.38. The van der Waals surface area contributed by atoms with Crippen LogP contribution < -0.4 is 26.7 Å². The van der Waals surface area contributed by atoms with E-state index < -0.39 is 6.36 Å². The average Bonchev–Trinajstić information content (AvgIpc) is 2.68. The number of alkyl halides is 3. The van der Waals surface area contributed by atoms with E-state index in [9.17, 15) is 18.0 Å². The summed E-state index contributed by atoms with van der Waals surface area (Å²) in [4.78, 5) is 19.9. The smallest absolute Gasteiger partial charge is 0.406 e. The van der Waals surface area contributed by atoms with Gasteiger partial charge in [0.2, 0.25) is 5.95 Å². The molecule has 30 heavy (non-hydrogen) atoms. The highest BCUT2D eigenvalue weighted by Crippen LogP contribution is 2.34. The number of ether oxygens (including phenoxy) is 1. The van der Waals surface area contributed by atoms with E-state index in [0.29, 0.717) is 30.5 Å². The third-order valence-electron chi connectivity index (χ3n) is 5.26. The van der Waals surface area contributed by atoms with Crippen LogP contribution in [0.1, 0.15) is 19.8 Å². The van der Waals surface area contributed by atoms with Gasteiger partial charge in [0.25, 0.3) is 5.56 Å². The van der Waals surface area contributed by atoms with Gasteiger partial charge in [0, 0.05) is 25.0 Å². The van der Waals surface area contributed by atoms with Crippen molar-refractivity contribution in [1.29, 1.82) is 0 Å². The Hall–Kier alpha value is -2.40. The van der Waals surface area contributed by atoms with Crippen molar-refractivity contribution in [3.8, 4) is 5.75 Å². The standard InChI is InChI=1S/C19H24F3N5O2S/c1-18(11-23)6-8-27(9-7-18)17-25-15(24)14(16(28)26(17)2)30-13-5-3-4-12(10-13)29-19(20,21)22/h3-5,10H,6-9,11,23-24H2,1-2H3. The van der Waals surface area contributed by atoms with E-state index in [1.807, 2.05) is 4.90 Å². The molecule has 1 aromatic carbocycles. The molecule has 2 heterocycles. The average molecular weight is 443 g/mol. The summed E-state index contributed by atoms with van der Waals surface area (Å²) in [6.07, 6.45) is -3.04. The number of piperidine rings is 1. The molecule has 0 amide bonds. The van der Waals surface area contributed by atoms with Crippen molar-refractivity contribution in [3.05, 3.63) is 34.6 Å². The third-order valence-corrected chi connectivity index (χ3v) is 6.33. The highest BCUT2D eigenvalue weighted by molar-refractivity contribution is 7.99. The first-order chi connectivity index (χ1) is 14.0. The van der Waals surface area contributed by atoms with Crippen molar-refractivity contribution >= 4 is 23.5 Å². The van der Waals surface area contributed by atoms with Crippen LogP contribution in [-0.4, -0.2) is 35.5 Å². The van der Waals surface area contributed by atoms with Crippen LogP contribution in [0.3, 0.4) is 0 Å². The van der Waals surface area contributed by atoms with Gasteiger partial charge in [-0.3, -0.25) is 9.36 Å². The Labute approximate surface area is 176 Å². The Balaban J connectivity index is 1.84. The number of halogens is 3. The molecule has 0 atom stereocenters. The van der Waals surface area contributed by atoms with Gasteiger partial charge >= 0.3 is 6.36 Å². The second-order valence-electron chi connectivity index (χ2n) is 7.62. The van der Waals surface area contributed by atoms with Gasteiger partial charge < -0.3 is 21.1 Å². The molecule has 1 aliphatic rings. The summed E-state index contributed by atoms with van der Waals surface area (Å²) in [6.45, 7) is 4.15. The Kier molecular flexibility index (Phi) is 6.23. The highest BCUT2D eigenvalue weighted by Gasteiger charge is 2.32. The number of nitrogens with zero attached hydrogens (tertiary/aromatic N) is 3. The molecule has 3 rings (SSSR count). The molecule has 1 saturated heterocycles. The maximum Gasteiger partial charge on any atom is 0.573 e. The number of nitrogens with two attached hydrogens (primary N) is 2. The number of hydrogen-bond donors (Lipinski definition) is 2. The van der Waals surface area contributed by atoms with Gasteiger partial charge in [0.1, 0.15) is 16.5 Å². The topological polar surface area (TPSA) is 99.4 Å². The maximum atomic E-state index is 12.9. The zero-order chi connectivity index (χ0) is 22.1. The molecule has 1 aromatic heterocycles. The Morgan fingerprint density at radius 2 is 1.97 bits per heavy atom. The van der Waals surface area contributed by atoms with Gasteiger partial charge in [-0.1, -0.05) is 24.8 Å². The fraction of sp³-hybridized carbons (Fsp3) is 0.474. The lowest BCUT2D eigenvalue weighted by molar-refractivity contribution is -0.274. The lowest BCUT2D eigenvalue weighted by Crippen LogP contribution is -2.44. The number of benzene rings is 1. The van der Waals surface area contributed by atoms with Crippen LogP contribution in [-0.2, 0) is 7.05 Å². The van der Waals surface area contributed by atoms with Crippen LogP contribution in [0.5, 0.6) is 5.75 Å². The molecule has 0 bridgehead atoms. The number of nitrogen functional groups attached to an aromatic ring is 1. The van der Waals surface area contributed by atoms with Gasteiger partial charge in [0.15, 0.2) is 0 Å². The first-order valence-electron chi connectivity index (χ1n) is 9.36. The number of aromatic nitrogens is 2. The summed E-state index contributed by atoms with van der Waals surface area (Å²) >= 11 is 0.951. The largest absolute Gasteiger partial charge is 0.573 e. The molecule has 11 heteroatoms. The fourth-order valence-corrected chi connectivity index (χ4v) is 4.20. The highest BCUT2D eigenvalue weighted by atomic mass is 32.2. The van der Waals surface area contributed by atoms with Crippen molar-refractivity contribution in [3.63, 3.8) is 0 Å². The molecule has 0 spiro atoms. The molecule has 0 radical (unpaired) electrons. The van der Waals surface area contributed by atoms with E-state index in [1.165, 1.54) is 22.8 Å². The Morgan fingerprint density at radius 3 is 2.57 bits per heavy atom. The van der Waals surface area contributed by atoms with Crippen molar-refractivity contribution in [1.82, 2.24) is 9.55 Å². The molecule has 1 aliphatic heterocycles. The van der Waals surface area contributed by atoms with E-state index in [1.54, 1.807) is 13.1 Å². The van der Waals surface area contributed by atoms with E-state index in [4.69, 9.17) is 11.5 Å². The van der Waals surface area contributed by atoms with Gasteiger partial charge in [-0.2, -0.15) is 4.98 Å². The van der Waals surface area contributed by atoms with Gasteiger partial charge in [-0.25, -0.2) is 0 Å². The van der Waals surface area contributed by atoms with Crippen molar-refractivity contribution in [2.75, 3.05) is 30.3 Å². The van der Waals surface area contributed by atoms with Crippen LogP contribution >= 0.6 is 11.8 Å². The van der Waals surface area contributed by atoms with E-state index in [2.05, 4.69) is 16.6 Å². The minimum Gasteiger partial charge on any atom is -0.406 e. The molecule has 1 fully saturated rings. The molecular weight excluding hydrogens is 419 g/mol. The summed E-state index contributed by atoms with van der Waals surface area (Å²) in [5, 5.41) is 0. The molecule has 7 nitrogen and oxygen atoms in total. The van der Waals surface area contributed by atoms with Crippen LogP contribution in [0.25, 0.3) is 0 Å². The molecular formula is C19H24F3N5O2S. The monoisotopic (exact) mass is 443 g/mol. The zero-order valence-corrected chi connectivity index (χ0v) is 17.5. The number of rotatable bonds is 5. The molecule has 164 valence electrons. The van der Waals surface area contributed by atoms with Crippen molar-refractivity contribution in [2.45, 2.75) is 35.9 Å². The summed E-state index contributed by atoms with van der Waals surface area (Å²) in [6, 6.07) is 5.36. The molecule has 0 unspecified atom stereocenters. The van der Waals surface area contributed by atoms with E-state index >= 15 is 0 Å². The van der Waals surface area contributed by atoms with Crippen LogP contribution in [0.2, 0.25) is 0 Å². The van der Waals surface area contributed by atoms with E-state index in [0.717, 1.165) is 24.6 Å². The normalized spacial score (nSPS) is 16.5. The Bertz CT molecular complexity index is 972. The summed E-state index contributed by atoms with van der Waals surface area (Å²) < 4.78 is 42.7. The number of anilines is 2. The first-order valence-corrected chi connectivity index (χ1v) is 10.2. The predicted molar refractivity (Wildman–Crippen MR) is 110 cm³/mol. The Morgan fingerprint density at radius 1 is 1.30 bits per heavy atom. The summed E-state index contributed by atoms with van der Waals surface area (Å²) in [5.74, 6) is 0.131. The SMILES string of the molecule is Cn1c(N2CCC(C)(CN)CC2)nc(N)c(Sc2cccc(OC(F)(F)F)c2)c1=O. The fourth-order valence-electron chi connectivity index (χ4n) is 3.27. The molecule has 4 N–H and O–H groups in total. The van der Waals surface area contributed by atoms with Gasteiger partial charge in [0.05, 0.1) is 0 Å². The third kappa shape index (κ3) is 5.01. The van der Waals surface area contributed by atoms with Crippen molar-refractivity contribution in [2.24, 2.45) is 18.2 Å². The van der Waals surface area contributed by atoms with Crippen molar-refractivity contribution < 1.29 is 17.9 Å². The summed E-state index contributed by atoms with van der Waals surface area (Å²) in [7, 11) is 1.61. The predicted octanol–water partition coefficient (Wildman–Crippen LogP) is 2.98. The zero-order valence-electron chi connectivity index (χ0n) is 16.7. The lowest BCUT2D eigenvalue weighted by atomic mass is 9.81. The minimum absolute atomic E-state index is 0.0346. The lowest BCUT2D eigenvalue weighted by Gasteiger charge is -2.39.